The summed E-state index contributed by atoms with van der Waals surface area (Å²) < 4.78 is 0. The lowest BCUT2D eigenvalue weighted by atomic mass is 9.41. The van der Waals surface area contributed by atoms with Gasteiger partial charge in [-0.2, -0.15) is 0 Å². The van der Waals surface area contributed by atoms with E-state index in [1.165, 1.54) is 57.8 Å². The van der Waals surface area contributed by atoms with Crippen molar-refractivity contribution in [1.29, 1.82) is 0 Å². The van der Waals surface area contributed by atoms with E-state index in [4.69, 9.17) is 0 Å². The van der Waals surface area contributed by atoms with Crippen LogP contribution < -0.4 is 0 Å². The summed E-state index contributed by atoms with van der Waals surface area (Å²) in [5, 5.41) is 21.3. The maximum absolute atomic E-state index is 10.8. The van der Waals surface area contributed by atoms with E-state index >= 15 is 0 Å². The van der Waals surface area contributed by atoms with Gasteiger partial charge in [0, 0.05) is 0 Å². The molecule has 5 aliphatic carbocycles. The third kappa shape index (κ3) is 2.78. The Balaban J connectivity index is 1.38. The Bertz CT molecular complexity index is 743. The monoisotopic (exact) mass is 444 g/mol. The third-order valence-corrected chi connectivity index (χ3v) is 13.5. The SMILES string of the molecule is CC(C)[C@@H](O)CC[C@@H](C)[C@H]1CC[C@@]2(C)[C@@H]3CC[C@H]4C(C)(C)[C@@H](O)CC[C@@]45C[C@@]35CC[C@]12C. The minimum absolute atomic E-state index is 0.0956. The van der Waals surface area contributed by atoms with Gasteiger partial charge in [0.25, 0.3) is 0 Å². The van der Waals surface area contributed by atoms with Crippen LogP contribution in [0.1, 0.15) is 119 Å². The molecule has 0 unspecified atom stereocenters. The van der Waals surface area contributed by atoms with Crippen molar-refractivity contribution < 1.29 is 10.2 Å². The van der Waals surface area contributed by atoms with E-state index in [0.717, 1.165) is 36.5 Å². The Morgan fingerprint density at radius 1 is 0.750 bits per heavy atom. The smallest absolute Gasteiger partial charge is 0.0594 e. The minimum atomic E-state index is -0.140. The number of aliphatic hydroxyl groups is 2. The molecule has 2 heteroatoms. The van der Waals surface area contributed by atoms with Crippen LogP contribution in [0, 0.1) is 56.7 Å². The molecule has 10 atom stereocenters. The summed E-state index contributed by atoms with van der Waals surface area (Å²) in [7, 11) is 0. The Hall–Kier alpha value is -0.0800. The Morgan fingerprint density at radius 2 is 1.41 bits per heavy atom. The largest absolute Gasteiger partial charge is 0.393 e. The summed E-state index contributed by atoms with van der Waals surface area (Å²) in [6.07, 6.45) is 14.1. The number of fused-ring (bicyclic) bond motifs is 2. The van der Waals surface area contributed by atoms with Gasteiger partial charge in [0.2, 0.25) is 0 Å². The van der Waals surface area contributed by atoms with Crippen LogP contribution in [-0.2, 0) is 0 Å². The summed E-state index contributed by atoms with van der Waals surface area (Å²) in [5.74, 6) is 3.55. The van der Waals surface area contributed by atoms with Crippen LogP contribution in [0.5, 0.6) is 0 Å². The topological polar surface area (TPSA) is 40.5 Å². The Morgan fingerprint density at radius 3 is 2.09 bits per heavy atom. The summed E-state index contributed by atoms with van der Waals surface area (Å²) in [6.45, 7) is 17.0. The minimum Gasteiger partial charge on any atom is -0.393 e. The first-order valence-corrected chi connectivity index (χ1v) is 14.2. The lowest BCUT2D eigenvalue weighted by Crippen LogP contribution is -2.57. The van der Waals surface area contributed by atoms with Gasteiger partial charge in [-0.05, 0) is 127 Å². The van der Waals surface area contributed by atoms with Gasteiger partial charge in [-0.1, -0.05) is 48.5 Å². The molecule has 32 heavy (non-hydrogen) atoms. The molecule has 0 bridgehead atoms. The zero-order valence-electron chi connectivity index (χ0n) is 22.2. The van der Waals surface area contributed by atoms with Crippen LogP contribution in [0.2, 0.25) is 0 Å². The first-order chi connectivity index (χ1) is 14.9. The zero-order valence-corrected chi connectivity index (χ0v) is 22.2. The van der Waals surface area contributed by atoms with Crippen molar-refractivity contribution in [3.05, 3.63) is 0 Å². The van der Waals surface area contributed by atoms with Crippen LogP contribution in [0.25, 0.3) is 0 Å². The normalized spacial score (nSPS) is 53.1. The van der Waals surface area contributed by atoms with E-state index in [0.29, 0.717) is 27.6 Å². The highest BCUT2D eigenvalue weighted by molar-refractivity contribution is 5.30. The number of aliphatic hydroxyl groups excluding tert-OH is 2. The van der Waals surface area contributed by atoms with Gasteiger partial charge in [0.05, 0.1) is 12.2 Å². The molecule has 2 nitrogen and oxygen atoms in total. The van der Waals surface area contributed by atoms with E-state index < -0.39 is 0 Å². The molecule has 5 rings (SSSR count). The van der Waals surface area contributed by atoms with E-state index in [1.807, 2.05) is 0 Å². The van der Waals surface area contributed by atoms with Crippen LogP contribution in [0.15, 0.2) is 0 Å². The third-order valence-electron chi connectivity index (χ3n) is 13.5. The molecule has 2 N–H and O–H groups in total. The molecule has 0 aromatic carbocycles. The van der Waals surface area contributed by atoms with E-state index in [2.05, 4.69) is 48.5 Å². The van der Waals surface area contributed by atoms with Crippen molar-refractivity contribution in [3.63, 3.8) is 0 Å². The van der Waals surface area contributed by atoms with Crippen molar-refractivity contribution in [2.24, 2.45) is 56.7 Å². The van der Waals surface area contributed by atoms with Crippen molar-refractivity contribution in [3.8, 4) is 0 Å². The predicted molar refractivity (Wildman–Crippen MR) is 132 cm³/mol. The fourth-order valence-corrected chi connectivity index (χ4v) is 11.3. The van der Waals surface area contributed by atoms with Gasteiger partial charge >= 0.3 is 0 Å². The maximum atomic E-state index is 10.8. The molecular formula is C30H52O2. The van der Waals surface area contributed by atoms with E-state index in [-0.39, 0.29) is 17.6 Å². The number of hydrogen-bond acceptors (Lipinski definition) is 2. The van der Waals surface area contributed by atoms with Gasteiger partial charge in [0.15, 0.2) is 0 Å². The first-order valence-electron chi connectivity index (χ1n) is 14.2. The molecule has 5 saturated carbocycles. The van der Waals surface area contributed by atoms with Crippen molar-refractivity contribution in [2.45, 2.75) is 131 Å². The predicted octanol–water partition coefficient (Wildman–Crippen LogP) is 7.22. The quantitative estimate of drug-likeness (QED) is 0.470. The first kappa shape index (κ1) is 23.7. The lowest BCUT2D eigenvalue weighted by Gasteiger charge is -2.63. The van der Waals surface area contributed by atoms with Crippen LogP contribution >= 0.6 is 0 Å². The molecule has 0 heterocycles. The fraction of sp³-hybridized carbons (Fsp3) is 1.00. The number of hydrogen-bond donors (Lipinski definition) is 2. The van der Waals surface area contributed by atoms with Crippen LogP contribution in [-0.4, -0.2) is 22.4 Å². The second kappa shape index (κ2) is 7.22. The summed E-state index contributed by atoms with van der Waals surface area (Å²) in [6, 6.07) is 0. The van der Waals surface area contributed by atoms with Gasteiger partial charge in [-0.25, -0.2) is 0 Å². The molecule has 5 aliphatic rings. The number of rotatable bonds is 5. The lowest BCUT2D eigenvalue weighted by molar-refractivity contribution is -0.161. The average Bonchev–Trinajstić information content (AvgIpc) is 3.31. The molecule has 0 amide bonds. The Labute approximate surface area is 198 Å². The second-order valence-corrected chi connectivity index (χ2v) is 14.9. The molecule has 2 spiro atoms. The second-order valence-electron chi connectivity index (χ2n) is 14.9. The summed E-state index contributed by atoms with van der Waals surface area (Å²) in [4.78, 5) is 0. The van der Waals surface area contributed by atoms with Crippen molar-refractivity contribution in [1.82, 2.24) is 0 Å². The molecule has 0 radical (unpaired) electrons. The van der Waals surface area contributed by atoms with E-state index in [1.54, 1.807) is 0 Å². The molecule has 5 fully saturated rings. The average molecular weight is 445 g/mol. The highest BCUT2D eigenvalue weighted by Gasteiger charge is 2.82. The molecule has 0 aromatic heterocycles. The van der Waals surface area contributed by atoms with Crippen molar-refractivity contribution in [2.75, 3.05) is 0 Å². The summed E-state index contributed by atoms with van der Waals surface area (Å²) >= 11 is 0. The molecule has 0 aliphatic heterocycles. The van der Waals surface area contributed by atoms with Gasteiger partial charge in [-0.15, -0.1) is 0 Å². The highest BCUT2D eigenvalue weighted by Crippen LogP contribution is 2.89. The zero-order chi connectivity index (χ0) is 23.3. The molecule has 0 saturated heterocycles. The fourth-order valence-electron chi connectivity index (χ4n) is 11.3. The Kier molecular flexibility index (Phi) is 5.34. The van der Waals surface area contributed by atoms with E-state index in [9.17, 15) is 10.2 Å². The van der Waals surface area contributed by atoms with Gasteiger partial charge < -0.3 is 10.2 Å². The van der Waals surface area contributed by atoms with Crippen molar-refractivity contribution >= 4 is 0 Å². The van der Waals surface area contributed by atoms with Crippen LogP contribution in [0.4, 0.5) is 0 Å². The van der Waals surface area contributed by atoms with Gasteiger partial charge in [0.1, 0.15) is 0 Å². The molecular weight excluding hydrogens is 392 g/mol. The van der Waals surface area contributed by atoms with Gasteiger partial charge in [-0.3, -0.25) is 0 Å². The standard InChI is InChI=1S/C30H52O2/c1-19(2)22(31)9-8-20(3)21-12-14-28(7)24-11-10-23-26(4,5)25(32)13-15-29(23)18-30(24,29)17-16-27(21,28)6/h19-25,31-32H,8-18H2,1-7H3/t20-,21-,22+,23+,24+,25+,27-,28+,29-,30+/m1/s1. The maximum Gasteiger partial charge on any atom is 0.0594 e. The highest BCUT2D eigenvalue weighted by atomic mass is 16.3. The molecule has 184 valence electrons. The van der Waals surface area contributed by atoms with Crippen LogP contribution in [0.3, 0.4) is 0 Å². The summed E-state index contributed by atoms with van der Waals surface area (Å²) in [5.41, 5.74) is 2.18. The molecule has 0 aromatic rings.